The zero-order chi connectivity index (χ0) is 13.9. The molecule has 0 aromatic carbocycles. The van der Waals surface area contributed by atoms with Crippen LogP contribution in [0.3, 0.4) is 0 Å². The average Bonchev–Trinajstić information content (AvgIpc) is 2.89. The molecule has 2 unspecified atom stereocenters. The van der Waals surface area contributed by atoms with Crippen molar-refractivity contribution in [2.24, 2.45) is 17.3 Å². The molecule has 0 aromatic heterocycles. The molecule has 2 heteroatoms. The Bertz CT molecular complexity index is 257. The van der Waals surface area contributed by atoms with Crippen LogP contribution in [-0.4, -0.2) is 25.3 Å². The number of hydrogen-bond acceptors (Lipinski definition) is 2. The lowest BCUT2D eigenvalue weighted by molar-refractivity contribution is 0.0795. The van der Waals surface area contributed by atoms with E-state index >= 15 is 0 Å². The van der Waals surface area contributed by atoms with Gasteiger partial charge in [-0.05, 0) is 69.2 Å². The van der Waals surface area contributed by atoms with E-state index < -0.39 is 0 Å². The standard InChI is InChI=1S/C17H33NO/c1-13(16-6-5-11-19-16)18-12-14-7-9-15(10-8-14)17(2,3)4/h13-16,18H,5-12H2,1-4H3. The predicted molar refractivity (Wildman–Crippen MR) is 81.3 cm³/mol. The maximum atomic E-state index is 5.75. The molecular formula is C17H33NO. The second-order valence-corrected chi connectivity index (χ2v) is 7.83. The quantitative estimate of drug-likeness (QED) is 0.831. The lowest BCUT2D eigenvalue weighted by atomic mass is 9.70. The molecule has 0 spiro atoms. The van der Waals surface area contributed by atoms with Crippen molar-refractivity contribution in [3.05, 3.63) is 0 Å². The predicted octanol–water partition coefficient (Wildman–Crippen LogP) is 4.00. The van der Waals surface area contributed by atoms with Crippen molar-refractivity contribution in [1.29, 1.82) is 0 Å². The molecule has 112 valence electrons. The normalized spacial score (nSPS) is 34.4. The molecular weight excluding hydrogens is 234 g/mol. The minimum absolute atomic E-state index is 0.464. The second-order valence-electron chi connectivity index (χ2n) is 7.83. The Balaban J connectivity index is 1.65. The molecule has 2 rings (SSSR count). The van der Waals surface area contributed by atoms with Gasteiger partial charge < -0.3 is 10.1 Å². The second kappa shape index (κ2) is 6.58. The number of hydrogen-bond donors (Lipinski definition) is 1. The van der Waals surface area contributed by atoms with Crippen LogP contribution in [0.1, 0.15) is 66.2 Å². The highest BCUT2D eigenvalue weighted by Gasteiger charge is 2.30. The van der Waals surface area contributed by atoms with Gasteiger partial charge in [0, 0.05) is 12.6 Å². The zero-order valence-electron chi connectivity index (χ0n) is 13.4. The fraction of sp³-hybridized carbons (Fsp3) is 1.00. The largest absolute Gasteiger partial charge is 0.377 e. The maximum absolute atomic E-state index is 5.75. The van der Waals surface area contributed by atoms with Crippen LogP contribution in [0.2, 0.25) is 0 Å². The molecule has 0 bridgehead atoms. The fourth-order valence-electron chi connectivity index (χ4n) is 3.71. The van der Waals surface area contributed by atoms with Crippen molar-refractivity contribution < 1.29 is 4.74 Å². The zero-order valence-corrected chi connectivity index (χ0v) is 13.4. The third kappa shape index (κ3) is 4.46. The summed E-state index contributed by atoms with van der Waals surface area (Å²) in [7, 11) is 0. The third-order valence-corrected chi connectivity index (χ3v) is 5.32. The van der Waals surface area contributed by atoms with Crippen LogP contribution < -0.4 is 5.32 Å². The molecule has 2 atom stereocenters. The van der Waals surface area contributed by atoms with E-state index in [9.17, 15) is 0 Å². The molecule has 2 aliphatic rings. The number of rotatable bonds is 4. The van der Waals surface area contributed by atoms with E-state index in [1.54, 1.807) is 0 Å². The molecule has 19 heavy (non-hydrogen) atoms. The topological polar surface area (TPSA) is 21.3 Å². The van der Waals surface area contributed by atoms with Gasteiger partial charge >= 0.3 is 0 Å². The van der Waals surface area contributed by atoms with Crippen molar-refractivity contribution in [2.75, 3.05) is 13.2 Å². The highest BCUT2D eigenvalue weighted by atomic mass is 16.5. The fourth-order valence-corrected chi connectivity index (χ4v) is 3.71. The minimum atomic E-state index is 0.464. The molecule has 1 saturated heterocycles. The summed E-state index contributed by atoms with van der Waals surface area (Å²) < 4.78 is 5.75. The number of nitrogens with one attached hydrogen (secondary N) is 1. The Hall–Kier alpha value is -0.0800. The van der Waals surface area contributed by atoms with Gasteiger partial charge in [-0.2, -0.15) is 0 Å². The summed E-state index contributed by atoms with van der Waals surface area (Å²) in [6.07, 6.45) is 8.61. The van der Waals surface area contributed by atoms with Crippen LogP contribution in [0.15, 0.2) is 0 Å². The third-order valence-electron chi connectivity index (χ3n) is 5.32. The molecule has 1 heterocycles. The highest BCUT2D eigenvalue weighted by molar-refractivity contribution is 4.83. The van der Waals surface area contributed by atoms with Gasteiger partial charge in [-0.1, -0.05) is 20.8 Å². The van der Waals surface area contributed by atoms with Crippen LogP contribution in [0.5, 0.6) is 0 Å². The molecule has 1 aliphatic heterocycles. The Morgan fingerprint density at radius 3 is 2.32 bits per heavy atom. The van der Waals surface area contributed by atoms with Crippen molar-refractivity contribution in [3.63, 3.8) is 0 Å². The van der Waals surface area contributed by atoms with Gasteiger partial charge in [0.15, 0.2) is 0 Å². The van der Waals surface area contributed by atoms with Gasteiger partial charge in [-0.25, -0.2) is 0 Å². The molecule has 1 aliphatic carbocycles. The van der Waals surface area contributed by atoms with Gasteiger partial charge in [-0.15, -0.1) is 0 Å². The first-order valence-corrected chi connectivity index (χ1v) is 8.32. The lowest BCUT2D eigenvalue weighted by Crippen LogP contribution is -2.40. The van der Waals surface area contributed by atoms with Crippen molar-refractivity contribution in [3.8, 4) is 0 Å². The average molecular weight is 267 g/mol. The Morgan fingerprint density at radius 1 is 1.11 bits per heavy atom. The SMILES string of the molecule is CC(NCC1CCC(C(C)(C)C)CC1)C1CCCO1. The summed E-state index contributed by atoms with van der Waals surface area (Å²) in [6.45, 7) is 11.6. The maximum Gasteiger partial charge on any atom is 0.0726 e. The van der Waals surface area contributed by atoms with Gasteiger partial charge in [0.25, 0.3) is 0 Å². The Labute approximate surface area is 119 Å². The molecule has 0 aromatic rings. The van der Waals surface area contributed by atoms with Crippen molar-refractivity contribution in [1.82, 2.24) is 5.32 Å². The monoisotopic (exact) mass is 267 g/mol. The Kier molecular flexibility index (Phi) is 5.30. The minimum Gasteiger partial charge on any atom is -0.377 e. The first-order chi connectivity index (χ1) is 8.97. The Morgan fingerprint density at radius 2 is 1.79 bits per heavy atom. The summed E-state index contributed by atoms with van der Waals surface area (Å²) in [6, 6.07) is 0.530. The lowest BCUT2D eigenvalue weighted by Gasteiger charge is -2.37. The molecule has 1 N–H and O–H groups in total. The van der Waals surface area contributed by atoms with Crippen molar-refractivity contribution >= 4 is 0 Å². The molecule has 0 radical (unpaired) electrons. The summed E-state index contributed by atoms with van der Waals surface area (Å²) in [5.74, 6) is 1.82. The highest BCUT2D eigenvalue weighted by Crippen LogP contribution is 2.39. The summed E-state index contributed by atoms with van der Waals surface area (Å²) >= 11 is 0. The van der Waals surface area contributed by atoms with E-state index in [1.807, 2.05) is 0 Å². The van der Waals surface area contributed by atoms with Crippen LogP contribution in [0, 0.1) is 17.3 Å². The van der Waals surface area contributed by atoms with E-state index in [4.69, 9.17) is 4.74 Å². The van der Waals surface area contributed by atoms with Gasteiger partial charge in [0.2, 0.25) is 0 Å². The van der Waals surface area contributed by atoms with Crippen LogP contribution in [-0.2, 0) is 4.74 Å². The van der Waals surface area contributed by atoms with E-state index in [-0.39, 0.29) is 0 Å². The molecule has 1 saturated carbocycles. The van der Waals surface area contributed by atoms with Crippen LogP contribution >= 0.6 is 0 Å². The number of ether oxygens (including phenoxy) is 1. The van der Waals surface area contributed by atoms with Crippen LogP contribution in [0.4, 0.5) is 0 Å². The summed E-state index contributed by atoms with van der Waals surface area (Å²) in [5.41, 5.74) is 0.503. The van der Waals surface area contributed by atoms with Gasteiger partial charge in [0.1, 0.15) is 0 Å². The van der Waals surface area contributed by atoms with E-state index in [0.29, 0.717) is 17.6 Å². The van der Waals surface area contributed by atoms with Crippen molar-refractivity contribution in [2.45, 2.75) is 78.4 Å². The molecule has 2 nitrogen and oxygen atoms in total. The van der Waals surface area contributed by atoms with Gasteiger partial charge in [-0.3, -0.25) is 0 Å². The van der Waals surface area contributed by atoms with E-state index in [1.165, 1.54) is 45.1 Å². The summed E-state index contributed by atoms with van der Waals surface area (Å²) in [5, 5.41) is 3.72. The summed E-state index contributed by atoms with van der Waals surface area (Å²) in [4.78, 5) is 0. The van der Waals surface area contributed by atoms with E-state index in [0.717, 1.165) is 18.4 Å². The van der Waals surface area contributed by atoms with E-state index in [2.05, 4.69) is 33.0 Å². The first kappa shape index (κ1) is 15.3. The van der Waals surface area contributed by atoms with Gasteiger partial charge in [0.05, 0.1) is 6.10 Å². The molecule has 2 fully saturated rings. The van der Waals surface area contributed by atoms with Crippen LogP contribution in [0.25, 0.3) is 0 Å². The molecule has 0 amide bonds. The first-order valence-electron chi connectivity index (χ1n) is 8.32. The smallest absolute Gasteiger partial charge is 0.0726 e.